The minimum atomic E-state index is -3.87. The minimum Gasteiger partial charge on any atom is -0.421 e. The monoisotopic (exact) mass is 463 g/mol. The summed E-state index contributed by atoms with van der Waals surface area (Å²) in [4.78, 5) is 12.1. The van der Waals surface area contributed by atoms with Gasteiger partial charge in [-0.15, -0.1) is 0 Å². The summed E-state index contributed by atoms with van der Waals surface area (Å²) in [5.74, 6) is -1.91. The summed E-state index contributed by atoms with van der Waals surface area (Å²) in [6.45, 7) is 3.40. The Morgan fingerprint density at radius 1 is 1.23 bits per heavy atom. The van der Waals surface area contributed by atoms with Crippen molar-refractivity contribution in [2.45, 2.75) is 24.8 Å². The maximum atomic E-state index is 14.1. The molecule has 0 atom stereocenters. The van der Waals surface area contributed by atoms with Gasteiger partial charge in [0.1, 0.15) is 11.6 Å². The molecule has 2 rings (SSSR count). The molecule has 26 heavy (non-hydrogen) atoms. The summed E-state index contributed by atoms with van der Waals surface area (Å²) in [7, 11) is -2.47. The van der Waals surface area contributed by atoms with Crippen LogP contribution in [0, 0.1) is 5.82 Å². The van der Waals surface area contributed by atoms with Crippen LogP contribution in [-0.4, -0.2) is 31.8 Å². The van der Waals surface area contributed by atoms with Crippen molar-refractivity contribution < 1.29 is 22.3 Å². The molecule has 0 saturated heterocycles. The second-order valence-electron chi connectivity index (χ2n) is 5.72. The van der Waals surface area contributed by atoms with Gasteiger partial charge in [-0.25, -0.2) is 17.6 Å². The highest BCUT2D eigenvalue weighted by molar-refractivity contribution is 9.10. The van der Waals surface area contributed by atoms with E-state index in [0.29, 0.717) is 4.47 Å². The van der Waals surface area contributed by atoms with Gasteiger partial charge in [-0.3, -0.25) is 0 Å². The fourth-order valence-electron chi connectivity index (χ4n) is 1.98. The molecule has 0 radical (unpaired) electrons. The predicted molar refractivity (Wildman–Crippen MR) is 101 cm³/mol. The topological polar surface area (TPSA) is 63.7 Å². The zero-order valence-electron chi connectivity index (χ0n) is 14.2. The van der Waals surface area contributed by atoms with Crippen molar-refractivity contribution in [2.75, 3.05) is 7.05 Å². The number of carbonyl (C=O) groups is 1. The third-order valence-corrected chi connectivity index (χ3v) is 6.48. The number of hydrogen-bond acceptors (Lipinski definition) is 4. The number of carbonyl (C=O) groups excluding carboxylic acids is 1. The Hall–Kier alpha value is -1.48. The van der Waals surface area contributed by atoms with E-state index in [1.54, 1.807) is 19.9 Å². The lowest BCUT2D eigenvalue weighted by Crippen LogP contribution is -2.33. The highest BCUT2D eigenvalue weighted by atomic mass is 79.9. The van der Waals surface area contributed by atoms with Crippen molar-refractivity contribution in [1.82, 2.24) is 4.31 Å². The van der Waals surface area contributed by atoms with E-state index in [1.165, 1.54) is 19.2 Å². The Morgan fingerprint density at radius 3 is 2.46 bits per heavy atom. The van der Waals surface area contributed by atoms with Gasteiger partial charge in [0.05, 0.1) is 15.5 Å². The molecule has 0 saturated carbocycles. The first-order valence-corrected chi connectivity index (χ1v) is 10.1. The van der Waals surface area contributed by atoms with Crippen molar-refractivity contribution in [3.8, 4) is 5.75 Å². The second kappa shape index (κ2) is 8.04. The van der Waals surface area contributed by atoms with Gasteiger partial charge in [-0.1, -0.05) is 27.5 Å². The Morgan fingerprint density at radius 2 is 1.88 bits per heavy atom. The summed E-state index contributed by atoms with van der Waals surface area (Å²) in [5, 5.41) is 0.149. The smallest absolute Gasteiger partial charge is 0.346 e. The Kier molecular flexibility index (Phi) is 6.44. The number of rotatable bonds is 5. The number of nitrogens with zero attached hydrogens (tertiary/aromatic N) is 1. The molecule has 9 heteroatoms. The molecule has 0 bridgehead atoms. The molecule has 140 valence electrons. The van der Waals surface area contributed by atoms with Crippen LogP contribution in [-0.2, 0) is 10.0 Å². The Labute approximate surface area is 164 Å². The van der Waals surface area contributed by atoms with Crippen molar-refractivity contribution >= 4 is 43.5 Å². The van der Waals surface area contributed by atoms with Gasteiger partial charge in [-0.2, -0.15) is 4.31 Å². The van der Waals surface area contributed by atoms with Gasteiger partial charge >= 0.3 is 5.97 Å². The van der Waals surface area contributed by atoms with E-state index in [9.17, 15) is 17.6 Å². The lowest BCUT2D eigenvalue weighted by molar-refractivity contribution is 0.0729. The van der Waals surface area contributed by atoms with Gasteiger partial charge in [0.2, 0.25) is 10.0 Å². The van der Waals surface area contributed by atoms with Crippen molar-refractivity contribution in [2.24, 2.45) is 0 Å². The molecule has 2 aromatic rings. The highest BCUT2D eigenvalue weighted by Crippen LogP contribution is 2.29. The SMILES string of the molecule is CC(C)N(C)S(=O)(=O)c1ccc(F)c(C(=O)Oc2ccc(Br)cc2Cl)c1. The lowest BCUT2D eigenvalue weighted by atomic mass is 10.2. The summed E-state index contributed by atoms with van der Waals surface area (Å²) in [5.41, 5.74) is -0.498. The van der Waals surface area contributed by atoms with Crippen LogP contribution in [0.4, 0.5) is 4.39 Å². The van der Waals surface area contributed by atoms with Crippen LogP contribution in [0.25, 0.3) is 0 Å². The first-order chi connectivity index (χ1) is 12.0. The van der Waals surface area contributed by atoms with Crippen LogP contribution in [0.15, 0.2) is 45.8 Å². The predicted octanol–water partition coefficient (Wildman–Crippen LogP) is 4.49. The average molecular weight is 465 g/mol. The van der Waals surface area contributed by atoms with Gasteiger partial charge in [0, 0.05) is 17.6 Å². The van der Waals surface area contributed by atoms with Crippen LogP contribution in [0.2, 0.25) is 5.02 Å². The molecular formula is C17H16BrClFNO4S. The Bertz CT molecular complexity index is 950. The van der Waals surface area contributed by atoms with E-state index >= 15 is 0 Å². The molecule has 0 fully saturated rings. The van der Waals surface area contributed by atoms with Crippen molar-refractivity contribution in [1.29, 1.82) is 0 Å². The zero-order valence-corrected chi connectivity index (χ0v) is 17.3. The van der Waals surface area contributed by atoms with Crippen LogP contribution >= 0.6 is 27.5 Å². The molecule has 0 amide bonds. The highest BCUT2D eigenvalue weighted by Gasteiger charge is 2.26. The number of benzene rings is 2. The summed E-state index contributed by atoms with van der Waals surface area (Å²) < 4.78 is 46.1. The van der Waals surface area contributed by atoms with Gasteiger partial charge in [0.15, 0.2) is 0 Å². The number of halogens is 3. The summed E-state index contributed by atoms with van der Waals surface area (Å²) in [6, 6.07) is 7.23. The minimum absolute atomic E-state index is 0.0341. The fourth-order valence-corrected chi connectivity index (χ4v) is 4.08. The molecule has 0 aliphatic carbocycles. The number of sulfonamides is 1. The second-order valence-corrected chi connectivity index (χ2v) is 9.04. The molecule has 5 nitrogen and oxygen atoms in total. The molecule has 0 aliphatic rings. The van der Waals surface area contributed by atoms with Crippen LogP contribution < -0.4 is 4.74 Å². The van der Waals surface area contributed by atoms with E-state index in [0.717, 1.165) is 22.5 Å². The van der Waals surface area contributed by atoms with Crippen LogP contribution in [0.5, 0.6) is 5.75 Å². The number of esters is 1. The quantitative estimate of drug-likeness (QED) is 0.483. The average Bonchev–Trinajstić information content (AvgIpc) is 2.56. The molecule has 0 aromatic heterocycles. The summed E-state index contributed by atoms with van der Waals surface area (Å²) >= 11 is 9.20. The molecule has 0 unspecified atom stereocenters. The maximum absolute atomic E-state index is 14.1. The first-order valence-electron chi connectivity index (χ1n) is 7.49. The van der Waals surface area contributed by atoms with E-state index in [4.69, 9.17) is 16.3 Å². The van der Waals surface area contributed by atoms with Gasteiger partial charge in [-0.05, 0) is 50.2 Å². The van der Waals surface area contributed by atoms with E-state index in [2.05, 4.69) is 15.9 Å². The molecule has 0 heterocycles. The summed E-state index contributed by atoms with van der Waals surface area (Å²) in [6.07, 6.45) is 0. The van der Waals surface area contributed by atoms with E-state index in [-0.39, 0.29) is 21.7 Å². The molecular weight excluding hydrogens is 449 g/mol. The van der Waals surface area contributed by atoms with Crippen LogP contribution in [0.1, 0.15) is 24.2 Å². The third-order valence-electron chi connectivity index (χ3n) is 3.66. The van der Waals surface area contributed by atoms with Crippen LogP contribution in [0.3, 0.4) is 0 Å². The molecule has 0 N–H and O–H groups in total. The molecule has 0 spiro atoms. The Balaban J connectivity index is 2.39. The van der Waals surface area contributed by atoms with Crippen molar-refractivity contribution in [3.63, 3.8) is 0 Å². The largest absolute Gasteiger partial charge is 0.421 e. The number of hydrogen-bond donors (Lipinski definition) is 0. The normalized spacial score (nSPS) is 11.8. The standard InChI is InChI=1S/C17H16BrClFNO4S/c1-10(2)21(3)26(23,24)12-5-6-15(20)13(9-12)17(22)25-16-7-4-11(18)8-14(16)19/h4-10H,1-3H3. The molecule has 2 aromatic carbocycles. The first kappa shape index (κ1) is 20.8. The maximum Gasteiger partial charge on any atom is 0.346 e. The van der Waals surface area contributed by atoms with E-state index < -0.39 is 27.4 Å². The van der Waals surface area contributed by atoms with E-state index in [1.807, 2.05) is 0 Å². The van der Waals surface area contributed by atoms with Crippen molar-refractivity contribution in [3.05, 3.63) is 57.3 Å². The number of ether oxygens (including phenoxy) is 1. The third kappa shape index (κ3) is 4.43. The fraction of sp³-hybridized carbons (Fsp3) is 0.235. The lowest BCUT2D eigenvalue weighted by Gasteiger charge is -2.21. The van der Waals surface area contributed by atoms with Gasteiger partial charge < -0.3 is 4.74 Å². The van der Waals surface area contributed by atoms with Gasteiger partial charge in [0.25, 0.3) is 0 Å². The zero-order chi connectivity index (χ0) is 19.6. The molecule has 0 aliphatic heterocycles.